The highest BCUT2D eigenvalue weighted by Crippen LogP contribution is 2.17. The third kappa shape index (κ3) is 3.54. The van der Waals surface area contributed by atoms with Crippen LogP contribution in [0.15, 0.2) is 29.2 Å². The molecule has 6 heteroatoms. The van der Waals surface area contributed by atoms with Crippen molar-refractivity contribution in [2.24, 2.45) is 0 Å². The van der Waals surface area contributed by atoms with Crippen LogP contribution in [0, 0.1) is 0 Å². The molecule has 0 saturated heterocycles. The molecule has 0 bridgehead atoms. The molecule has 1 aromatic heterocycles. The van der Waals surface area contributed by atoms with Crippen molar-refractivity contribution in [3.8, 4) is 0 Å². The summed E-state index contributed by atoms with van der Waals surface area (Å²) in [6, 6.07) is 8.49. The van der Waals surface area contributed by atoms with Crippen LogP contribution in [-0.2, 0) is 13.1 Å². The van der Waals surface area contributed by atoms with E-state index in [9.17, 15) is 0 Å². The summed E-state index contributed by atoms with van der Waals surface area (Å²) in [6.45, 7) is 3.46. The summed E-state index contributed by atoms with van der Waals surface area (Å²) in [4.78, 5) is 2.91. The fraction of sp³-hybridized carbons (Fsp3) is 0.417. The molecule has 5 nitrogen and oxygen atoms in total. The Morgan fingerprint density at radius 3 is 2.72 bits per heavy atom. The van der Waals surface area contributed by atoms with E-state index in [1.165, 1.54) is 10.5 Å². The lowest BCUT2D eigenvalue weighted by Crippen LogP contribution is -2.08. The summed E-state index contributed by atoms with van der Waals surface area (Å²) in [5.74, 6) is 1.81. The maximum absolute atomic E-state index is 4.28. The van der Waals surface area contributed by atoms with Crippen molar-refractivity contribution in [1.82, 2.24) is 25.5 Å². The molecule has 96 valence electrons. The Balaban J connectivity index is 1.99. The number of nitrogens with zero attached hydrogens (tertiary/aromatic N) is 4. The first-order valence-corrected chi connectivity index (χ1v) is 6.93. The number of aromatic nitrogens is 4. The van der Waals surface area contributed by atoms with E-state index < -0.39 is 0 Å². The van der Waals surface area contributed by atoms with Crippen LogP contribution >= 0.6 is 11.8 Å². The predicted octanol–water partition coefficient (Wildman–Crippen LogP) is 1.55. The zero-order chi connectivity index (χ0) is 12.8. The molecule has 1 N–H and O–H groups in total. The number of hydrogen-bond acceptors (Lipinski definition) is 5. The lowest BCUT2D eigenvalue weighted by molar-refractivity contribution is 0.569. The van der Waals surface area contributed by atoms with Crippen LogP contribution in [0.25, 0.3) is 0 Å². The monoisotopic (exact) mass is 263 g/mol. The highest BCUT2D eigenvalue weighted by Gasteiger charge is 2.02. The van der Waals surface area contributed by atoms with Gasteiger partial charge in [-0.15, -0.1) is 22.0 Å². The summed E-state index contributed by atoms with van der Waals surface area (Å²) in [5.41, 5.74) is 1.18. The number of nitrogens with one attached hydrogen (secondary N) is 1. The van der Waals surface area contributed by atoms with Crippen LogP contribution in [0.2, 0.25) is 0 Å². The average molecular weight is 263 g/mol. The van der Waals surface area contributed by atoms with Gasteiger partial charge in [0.1, 0.15) is 0 Å². The number of benzene rings is 1. The first-order valence-electron chi connectivity index (χ1n) is 5.95. The van der Waals surface area contributed by atoms with Gasteiger partial charge in [-0.3, -0.25) is 0 Å². The molecule has 1 aromatic carbocycles. The Labute approximate surface area is 111 Å². The van der Waals surface area contributed by atoms with Gasteiger partial charge in [0.05, 0.1) is 13.1 Å². The Hall–Kier alpha value is -1.40. The van der Waals surface area contributed by atoms with E-state index in [-0.39, 0.29) is 0 Å². The molecule has 1 heterocycles. The van der Waals surface area contributed by atoms with E-state index >= 15 is 0 Å². The molecule has 0 unspecified atom stereocenters. The maximum atomic E-state index is 4.28. The van der Waals surface area contributed by atoms with Crippen molar-refractivity contribution in [3.05, 3.63) is 35.7 Å². The van der Waals surface area contributed by atoms with Crippen molar-refractivity contribution in [2.75, 3.05) is 12.8 Å². The Bertz CT molecular complexity index is 479. The number of thioether (sulfide) groups is 1. The molecule has 0 atom stereocenters. The Morgan fingerprint density at radius 1 is 1.28 bits per heavy atom. The van der Waals surface area contributed by atoms with Gasteiger partial charge in [-0.25, -0.2) is 0 Å². The van der Waals surface area contributed by atoms with Crippen molar-refractivity contribution in [2.45, 2.75) is 24.9 Å². The molecular formula is C12H17N5S. The van der Waals surface area contributed by atoms with Crippen LogP contribution < -0.4 is 5.32 Å². The molecular weight excluding hydrogens is 246 g/mol. The van der Waals surface area contributed by atoms with E-state index in [0.29, 0.717) is 13.1 Å². The number of rotatable bonds is 6. The largest absolute Gasteiger partial charge is 0.313 e. The fourth-order valence-corrected chi connectivity index (χ4v) is 2.26. The molecule has 0 radical (unpaired) electrons. The second-order valence-corrected chi connectivity index (χ2v) is 5.18. The van der Waals surface area contributed by atoms with E-state index in [1.807, 2.05) is 18.8 Å². The van der Waals surface area contributed by atoms with Gasteiger partial charge < -0.3 is 5.32 Å². The van der Waals surface area contributed by atoms with Crippen molar-refractivity contribution >= 4 is 11.8 Å². The molecule has 0 saturated carbocycles. The first kappa shape index (κ1) is 13.0. The summed E-state index contributed by atoms with van der Waals surface area (Å²) in [7, 11) is 1.87. The average Bonchev–Trinajstić information content (AvgIpc) is 2.80. The van der Waals surface area contributed by atoms with Crippen LogP contribution in [0.3, 0.4) is 0 Å². The molecule has 2 rings (SSSR count). The van der Waals surface area contributed by atoms with Crippen molar-refractivity contribution < 1.29 is 0 Å². The smallest absolute Gasteiger partial charge is 0.188 e. The topological polar surface area (TPSA) is 55.6 Å². The second-order valence-electron chi connectivity index (χ2n) is 3.84. The van der Waals surface area contributed by atoms with Gasteiger partial charge in [-0.2, -0.15) is 4.80 Å². The van der Waals surface area contributed by atoms with Crippen LogP contribution in [0.5, 0.6) is 0 Å². The molecule has 18 heavy (non-hydrogen) atoms. The Morgan fingerprint density at radius 2 is 2.06 bits per heavy atom. The molecule has 0 aliphatic rings. The Kier molecular flexibility index (Phi) is 4.72. The van der Waals surface area contributed by atoms with Gasteiger partial charge in [0.25, 0.3) is 0 Å². The second kappa shape index (κ2) is 6.51. The molecule has 0 spiro atoms. The molecule has 0 fully saturated rings. The highest BCUT2D eigenvalue weighted by molar-refractivity contribution is 7.99. The minimum absolute atomic E-state index is 0.645. The molecule has 0 aliphatic carbocycles. The standard InChI is InChI=1S/C12H17N5S/c1-3-18-11-6-4-10(5-7-11)9-17-15-12(8-13-2)14-16-17/h4-7,13H,3,8-9H2,1-2H3. The normalized spacial score (nSPS) is 10.8. The van der Waals surface area contributed by atoms with Crippen LogP contribution in [0.1, 0.15) is 18.3 Å². The number of tetrazole rings is 1. The van der Waals surface area contributed by atoms with Crippen LogP contribution in [-0.4, -0.2) is 33.0 Å². The zero-order valence-corrected chi connectivity index (χ0v) is 11.4. The lowest BCUT2D eigenvalue weighted by Gasteiger charge is -2.02. The van der Waals surface area contributed by atoms with Crippen molar-refractivity contribution in [1.29, 1.82) is 0 Å². The highest BCUT2D eigenvalue weighted by atomic mass is 32.2. The predicted molar refractivity (Wildman–Crippen MR) is 72.5 cm³/mol. The van der Waals surface area contributed by atoms with Gasteiger partial charge in [0.2, 0.25) is 0 Å². The van der Waals surface area contributed by atoms with E-state index in [2.05, 4.69) is 51.9 Å². The summed E-state index contributed by atoms with van der Waals surface area (Å²) in [5, 5.41) is 15.3. The minimum Gasteiger partial charge on any atom is -0.313 e. The summed E-state index contributed by atoms with van der Waals surface area (Å²) in [6.07, 6.45) is 0. The first-order chi connectivity index (χ1) is 8.81. The van der Waals surface area contributed by atoms with E-state index in [1.54, 1.807) is 4.80 Å². The minimum atomic E-state index is 0.645. The third-order valence-electron chi connectivity index (χ3n) is 2.39. The lowest BCUT2D eigenvalue weighted by atomic mass is 10.2. The quantitative estimate of drug-likeness (QED) is 0.801. The van der Waals surface area contributed by atoms with Gasteiger partial charge in [0, 0.05) is 4.90 Å². The molecule has 2 aromatic rings. The number of hydrogen-bond donors (Lipinski definition) is 1. The van der Waals surface area contributed by atoms with Gasteiger partial charge >= 0.3 is 0 Å². The maximum Gasteiger partial charge on any atom is 0.188 e. The zero-order valence-electron chi connectivity index (χ0n) is 10.6. The van der Waals surface area contributed by atoms with Crippen LogP contribution in [0.4, 0.5) is 0 Å². The van der Waals surface area contributed by atoms with Gasteiger partial charge in [-0.05, 0) is 35.7 Å². The molecule has 0 aliphatic heterocycles. The van der Waals surface area contributed by atoms with E-state index in [4.69, 9.17) is 0 Å². The van der Waals surface area contributed by atoms with Gasteiger partial charge in [-0.1, -0.05) is 19.1 Å². The van der Waals surface area contributed by atoms with E-state index in [0.717, 1.165) is 11.6 Å². The fourth-order valence-electron chi connectivity index (χ4n) is 1.59. The SMILES string of the molecule is CCSc1ccc(Cn2nnc(CNC)n2)cc1. The molecule has 0 amide bonds. The van der Waals surface area contributed by atoms with Crippen molar-refractivity contribution in [3.63, 3.8) is 0 Å². The third-order valence-corrected chi connectivity index (χ3v) is 3.28. The summed E-state index contributed by atoms with van der Waals surface area (Å²) >= 11 is 1.84. The van der Waals surface area contributed by atoms with Gasteiger partial charge in [0.15, 0.2) is 5.82 Å². The summed E-state index contributed by atoms with van der Waals surface area (Å²) < 4.78 is 0.